The van der Waals surface area contributed by atoms with Gasteiger partial charge in [0.2, 0.25) is 5.78 Å². The smallest absolute Gasteiger partial charge is 0.228 e. The van der Waals surface area contributed by atoms with E-state index >= 15 is 0 Å². The van der Waals surface area contributed by atoms with Gasteiger partial charge in [-0.15, -0.1) is 0 Å². The van der Waals surface area contributed by atoms with E-state index in [1.807, 2.05) is 20.8 Å². The number of hydrogen-bond donors (Lipinski definition) is 1. The number of aryl methyl sites for hydroxylation is 2. The lowest BCUT2D eigenvalue weighted by Crippen LogP contribution is -2.05. The number of nitrogen functional groups attached to an aromatic ring is 1. The standard InChI is InChI=1S/C14H14BrNO2/c1-7-4-13(18-9(7)3)14(17)11-5-10(15)6-12(16)8(11)2/h4-6H,16H2,1-3H3. The number of anilines is 1. The first kappa shape index (κ1) is 12.9. The highest BCUT2D eigenvalue weighted by Gasteiger charge is 2.18. The van der Waals surface area contributed by atoms with E-state index in [9.17, 15) is 4.79 Å². The predicted octanol–water partition coefficient (Wildman–Crippen LogP) is 3.78. The molecule has 4 heteroatoms. The van der Waals surface area contributed by atoms with E-state index in [1.54, 1.807) is 18.2 Å². The van der Waals surface area contributed by atoms with Crippen molar-refractivity contribution in [1.29, 1.82) is 0 Å². The molecule has 0 atom stereocenters. The van der Waals surface area contributed by atoms with Crippen molar-refractivity contribution in [3.63, 3.8) is 0 Å². The third-order valence-corrected chi connectivity index (χ3v) is 3.50. The number of carbonyl (C=O) groups excluding carboxylic acids is 1. The zero-order valence-electron chi connectivity index (χ0n) is 10.5. The summed E-state index contributed by atoms with van der Waals surface area (Å²) in [6.07, 6.45) is 0. The zero-order valence-corrected chi connectivity index (χ0v) is 12.1. The molecule has 0 aliphatic heterocycles. The molecule has 0 spiro atoms. The molecule has 1 aromatic carbocycles. The van der Waals surface area contributed by atoms with E-state index in [0.717, 1.165) is 21.4 Å². The van der Waals surface area contributed by atoms with Crippen LogP contribution in [0.3, 0.4) is 0 Å². The van der Waals surface area contributed by atoms with Crippen LogP contribution < -0.4 is 5.73 Å². The van der Waals surface area contributed by atoms with Gasteiger partial charge < -0.3 is 10.2 Å². The van der Waals surface area contributed by atoms with Crippen LogP contribution in [0.2, 0.25) is 0 Å². The Hall–Kier alpha value is -1.55. The lowest BCUT2D eigenvalue weighted by molar-refractivity contribution is 0.101. The van der Waals surface area contributed by atoms with E-state index < -0.39 is 0 Å². The second-order valence-corrected chi connectivity index (χ2v) is 5.26. The molecule has 1 heterocycles. The first-order chi connectivity index (χ1) is 8.40. The first-order valence-electron chi connectivity index (χ1n) is 5.57. The average Bonchev–Trinajstić information content (AvgIpc) is 2.63. The Labute approximate surface area is 114 Å². The summed E-state index contributed by atoms with van der Waals surface area (Å²) in [5, 5.41) is 0. The van der Waals surface area contributed by atoms with Gasteiger partial charge in [0.15, 0.2) is 5.76 Å². The molecular weight excluding hydrogens is 294 g/mol. The highest BCUT2D eigenvalue weighted by Crippen LogP contribution is 2.26. The van der Waals surface area contributed by atoms with Crippen LogP contribution in [0.4, 0.5) is 5.69 Å². The molecule has 2 rings (SSSR count). The van der Waals surface area contributed by atoms with Crippen molar-refractivity contribution in [3.8, 4) is 0 Å². The number of carbonyl (C=O) groups is 1. The van der Waals surface area contributed by atoms with Gasteiger partial charge in [-0.3, -0.25) is 4.79 Å². The molecule has 2 aromatic rings. The molecule has 0 unspecified atom stereocenters. The van der Waals surface area contributed by atoms with Crippen LogP contribution in [-0.4, -0.2) is 5.78 Å². The van der Waals surface area contributed by atoms with Crippen LogP contribution in [0, 0.1) is 20.8 Å². The van der Waals surface area contributed by atoms with Gasteiger partial charge in [-0.25, -0.2) is 0 Å². The molecule has 18 heavy (non-hydrogen) atoms. The Bertz CT molecular complexity index is 609. The lowest BCUT2D eigenvalue weighted by atomic mass is 10.0. The summed E-state index contributed by atoms with van der Waals surface area (Å²) in [6, 6.07) is 5.31. The highest BCUT2D eigenvalue weighted by atomic mass is 79.9. The van der Waals surface area contributed by atoms with Crippen LogP contribution in [0.5, 0.6) is 0 Å². The Morgan fingerprint density at radius 2 is 1.89 bits per heavy atom. The van der Waals surface area contributed by atoms with Crippen LogP contribution in [-0.2, 0) is 0 Å². The van der Waals surface area contributed by atoms with Gasteiger partial charge in [0, 0.05) is 15.7 Å². The molecule has 0 bridgehead atoms. The molecule has 0 aliphatic carbocycles. The van der Waals surface area contributed by atoms with E-state index in [4.69, 9.17) is 10.2 Å². The maximum Gasteiger partial charge on any atom is 0.228 e. The second-order valence-electron chi connectivity index (χ2n) is 4.35. The molecule has 3 nitrogen and oxygen atoms in total. The predicted molar refractivity (Wildman–Crippen MR) is 74.9 cm³/mol. The third-order valence-electron chi connectivity index (χ3n) is 3.05. The minimum absolute atomic E-state index is 0.142. The molecule has 0 aliphatic rings. The zero-order chi connectivity index (χ0) is 13.4. The Balaban J connectivity index is 2.52. The number of rotatable bonds is 2. The Morgan fingerprint density at radius 1 is 1.22 bits per heavy atom. The quantitative estimate of drug-likeness (QED) is 0.678. The molecule has 0 saturated heterocycles. The maximum absolute atomic E-state index is 12.4. The highest BCUT2D eigenvalue weighted by molar-refractivity contribution is 9.10. The topological polar surface area (TPSA) is 56.2 Å². The van der Waals surface area contributed by atoms with Crippen molar-refractivity contribution in [2.45, 2.75) is 20.8 Å². The largest absolute Gasteiger partial charge is 0.458 e. The van der Waals surface area contributed by atoms with E-state index in [2.05, 4.69) is 15.9 Å². The number of benzene rings is 1. The minimum Gasteiger partial charge on any atom is -0.458 e. The average molecular weight is 308 g/mol. The summed E-state index contributed by atoms with van der Waals surface area (Å²) in [4.78, 5) is 12.4. The fourth-order valence-electron chi connectivity index (χ4n) is 1.75. The fraction of sp³-hybridized carbons (Fsp3) is 0.214. The van der Waals surface area contributed by atoms with Crippen LogP contribution in [0.25, 0.3) is 0 Å². The van der Waals surface area contributed by atoms with E-state index in [-0.39, 0.29) is 5.78 Å². The second kappa shape index (κ2) is 4.61. The van der Waals surface area contributed by atoms with Crippen LogP contribution >= 0.6 is 15.9 Å². The number of nitrogens with two attached hydrogens (primary N) is 1. The monoisotopic (exact) mass is 307 g/mol. The Morgan fingerprint density at radius 3 is 2.44 bits per heavy atom. The van der Waals surface area contributed by atoms with Crippen molar-refractivity contribution in [2.75, 3.05) is 5.73 Å². The van der Waals surface area contributed by atoms with Gasteiger partial charge in [-0.05, 0) is 50.1 Å². The van der Waals surface area contributed by atoms with Gasteiger partial charge in [0.1, 0.15) is 5.76 Å². The number of halogens is 1. The van der Waals surface area contributed by atoms with Crippen molar-refractivity contribution >= 4 is 27.4 Å². The molecule has 0 amide bonds. The summed E-state index contributed by atoms with van der Waals surface area (Å²) >= 11 is 3.34. The fourth-order valence-corrected chi connectivity index (χ4v) is 2.23. The summed E-state index contributed by atoms with van der Waals surface area (Å²) in [7, 11) is 0. The molecular formula is C14H14BrNO2. The van der Waals surface area contributed by atoms with Crippen molar-refractivity contribution in [2.24, 2.45) is 0 Å². The van der Waals surface area contributed by atoms with E-state index in [0.29, 0.717) is 17.0 Å². The SMILES string of the molecule is Cc1cc(C(=O)c2cc(Br)cc(N)c2C)oc1C. The molecule has 0 saturated carbocycles. The summed E-state index contributed by atoms with van der Waals surface area (Å²) < 4.78 is 6.25. The van der Waals surface area contributed by atoms with Gasteiger partial charge in [0.25, 0.3) is 0 Å². The molecule has 94 valence electrons. The Kier molecular flexibility index (Phi) is 3.30. The first-order valence-corrected chi connectivity index (χ1v) is 6.37. The number of hydrogen-bond acceptors (Lipinski definition) is 3. The molecule has 0 radical (unpaired) electrons. The maximum atomic E-state index is 12.4. The summed E-state index contributed by atoms with van der Waals surface area (Å²) in [6.45, 7) is 5.59. The third kappa shape index (κ3) is 2.20. The number of furan rings is 1. The normalized spacial score (nSPS) is 10.7. The molecule has 1 aromatic heterocycles. The van der Waals surface area contributed by atoms with Gasteiger partial charge in [-0.2, -0.15) is 0 Å². The lowest BCUT2D eigenvalue weighted by Gasteiger charge is -2.07. The number of ketones is 1. The molecule has 2 N–H and O–H groups in total. The summed E-state index contributed by atoms with van der Waals surface area (Å²) in [5.41, 5.74) is 8.76. The van der Waals surface area contributed by atoms with Crippen molar-refractivity contribution in [1.82, 2.24) is 0 Å². The van der Waals surface area contributed by atoms with Gasteiger partial charge >= 0.3 is 0 Å². The van der Waals surface area contributed by atoms with E-state index in [1.165, 1.54) is 0 Å². The molecule has 0 fully saturated rings. The van der Waals surface area contributed by atoms with Gasteiger partial charge in [0.05, 0.1) is 0 Å². The summed E-state index contributed by atoms with van der Waals surface area (Å²) in [5.74, 6) is 0.973. The minimum atomic E-state index is -0.142. The van der Waals surface area contributed by atoms with Crippen molar-refractivity contribution in [3.05, 3.63) is 50.9 Å². The van der Waals surface area contributed by atoms with Gasteiger partial charge in [-0.1, -0.05) is 15.9 Å². The van der Waals surface area contributed by atoms with Crippen molar-refractivity contribution < 1.29 is 9.21 Å². The van der Waals surface area contributed by atoms with Crippen LogP contribution in [0.1, 0.15) is 33.0 Å². The van der Waals surface area contributed by atoms with Crippen LogP contribution in [0.15, 0.2) is 27.1 Å².